The summed E-state index contributed by atoms with van der Waals surface area (Å²) < 4.78 is 5.19. The Morgan fingerprint density at radius 1 is 1.18 bits per heavy atom. The van der Waals surface area contributed by atoms with Crippen LogP contribution in [0.15, 0.2) is 30.3 Å². The van der Waals surface area contributed by atoms with E-state index >= 15 is 0 Å². The zero-order chi connectivity index (χ0) is 12.5. The van der Waals surface area contributed by atoms with Gasteiger partial charge in [0.25, 0.3) is 0 Å². The fraction of sp³-hybridized carbons (Fsp3) is 0.600. The van der Waals surface area contributed by atoms with Gasteiger partial charge in [-0.25, -0.2) is 0 Å². The third kappa shape index (κ3) is 6.44. The molecule has 96 valence electrons. The van der Waals surface area contributed by atoms with Crippen molar-refractivity contribution in [3.63, 3.8) is 0 Å². The van der Waals surface area contributed by atoms with Crippen LogP contribution in [-0.2, 0) is 11.2 Å². The lowest BCUT2D eigenvalue weighted by Gasteiger charge is -2.19. The molecule has 17 heavy (non-hydrogen) atoms. The lowest BCUT2D eigenvalue weighted by Crippen LogP contribution is -2.30. The normalized spacial score (nSPS) is 12.9. The lowest BCUT2D eigenvalue weighted by atomic mass is 9.96. The predicted molar refractivity (Wildman–Crippen MR) is 73.3 cm³/mol. The third-order valence-electron chi connectivity index (χ3n) is 2.91. The summed E-state index contributed by atoms with van der Waals surface area (Å²) in [6.45, 7) is 6.29. The van der Waals surface area contributed by atoms with Gasteiger partial charge in [0.1, 0.15) is 0 Å². The monoisotopic (exact) mass is 235 g/mol. The fourth-order valence-electron chi connectivity index (χ4n) is 1.91. The van der Waals surface area contributed by atoms with Crippen molar-refractivity contribution in [3.8, 4) is 0 Å². The molecular formula is C15H25NO. The Kier molecular flexibility index (Phi) is 6.90. The molecule has 2 heteroatoms. The Hall–Kier alpha value is -0.860. The SMILES string of the molecule is COCCC(CNC(C)C)Cc1ccccc1. The molecule has 0 heterocycles. The third-order valence-corrected chi connectivity index (χ3v) is 2.91. The number of rotatable bonds is 8. The summed E-state index contributed by atoms with van der Waals surface area (Å²) in [4.78, 5) is 0. The second-order valence-electron chi connectivity index (χ2n) is 4.90. The maximum Gasteiger partial charge on any atom is 0.0465 e. The van der Waals surface area contributed by atoms with Gasteiger partial charge in [-0.05, 0) is 30.9 Å². The van der Waals surface area contributed by atoms with Crippen LogP contribution in [0, 0.1) is 5.92 Å². The van der Waals surface area contributed by atoms with Gasteiger partial charge in [0.2, 0.25) is 0 Å². The van der Waals surface area contributed by atoms with E-state index in [0.717, 1.165) is 26.0 Å². The Balaban J connectivity index is 2.44. The highest BCUT2D eigenvalue weighted by Gasteiger charge is 2.10. The number of ether oxygens (including phenoxy) is 1. The molecule has 1 aromatic carbocycles. The Morgan fingerprint density at radius 3 is 2.47 bits per heavy atom. The average molecular weight is 235 g/mol. The second-order valence-corrected chi connectivity index (χ2v) is 4.90. The molecule has 1 N–H and O–H groups in total. The average Bonchev–Trinajstić information content (AvgIpc) is 2.34. The minimum absolute atomic E-state index is 0.552. The lowest BCUT2D eigenvalue weighted by molar-refractivity contribution is 0.175. The summed E-state index contributed by atoms with van der Waals surface area (Å²) in [6, 6.07) is 11.2. The molecule has 1 aromatic rings. The van der Waals surface area contributed by atoms with Gasteiger partial charge in [0.15, 0.2) is 0 Å². The van der Waals surface area contributed by atoms with Gasteiger partial charge in [-0.2, -0.15) is 0 Å². The van der Waals surface area contributed by atoms with Crippen LogP contribution >= 0.6 is 0 Å². The summed E-state index contributed by atoms with van der Waals surface area (Å²) in [5.41, 5.74) is 1.42. The van der Waals surface area contributed by atoms with E-state index in [9.17, 15) is 0 Å². The maximum absolute atomic E-state index is 5.19. The van der Waals surface area contributed by atoms with Crippen LogP contribution in [0.1, 0.15) is 25.8 Å². The van der Waals surface area contributed by atoms with Crippen LogP contribution in [0.2, 0.25) is 0 Å². The molecule has 0 spiro atoms. The molecule has 2 nitrogen and oxygen atoms in total. The smallest absolute Gasteiger partial charge is 0.0465 e. The van der Waals surface area contributed by atoms with E-state index in [2.05, 4.69) is 49.5 Å². The van der Waals surface area contributed by atoms with Crippen LogP contribution in [0.3, 0.4) is 0 Å². The molecular weight excluding hydrogens is 210 g/mol. The quantitative estimate of drug-likeness (QED) is 0.748. The number of hydrogen-bond acceptors (Lipinski definition) is 2. The van der Waals surface area contributed by atoms with Gasteiger partial charge in [-0.1, -0.05) is 44.2 Å². The molecule has 0 radical (unpaired) electrons. The van der Waals surface area contributed by atoms with Crippen LogP contribution in [-0.4, -0.2) is 26.3 Å². The summed E-state index contributed by atoms with van der Waals surface area (Å²) in [7, 11) is 1.77. The molecule has 1 unspecified atom stereocenters. The molecule has 1 rings (SSSR count). The number of methoxy groups -OCH3 is 1. The van der Waals surface area contributed by atoms with Gasteiger partial charge in [-0.15, -0.1) is 0 Å². The van der Waals surface area contributed by atoms with Gasteiger partial charge >= 0.3 is 0 Å². The Morgan fingerprint density at radius 2 is 1.88 bits per heavy atom. The molecule has 0 aliphatic carbocycles. The van der Waals surface area contributed by atoms with Crippen molar-refractivity contribution in [2.24, 2.45) is 5.92 Å². The van der Waals surface area contributed by atoms with Crippen molar-refractivity contribution in [2.45, 2.75) is 32.7 Å². The number of benzene rings is 1. The van der Waals surface area contributed by atoms with Crippen molar-refractivity contribution in [1.29, 1.82) is 0 Å². The standard InChI is InChI=1S/C15H25NO/c1-13(2)16-12-15(9-10-17-3)11-14-7-5-4-6-8-14/h4-8,13,15-16H,9-12H2,1-3H3. The Labute approximate surface area is 105 Å². The van der Waals surface area contributed by atoms with Crippen LogP contribution in [0.5, 0.6) is 0 Å². The van der Waals surface area contributed by atoms with E-state index in [0.29, 0.717) is 12.0 Å². The molecule has 0 saturated carbocycles. The number of nitrogens with one attached hydrogen (secondary N) is 1. The first-order valence-corrected chi connectivity index (χ1v) is 6.48. The van der Waals surface area contributed by atoms with Crippen molar-refractivity contribution in [1.82, 2.24) is 5.32 Å². The molecule has 0 bridgehead atoms. The number of hydrogen-bond donors (Lipinski definition) is 1. The van der Waals surface area contributed by atoms with Crippen LogP contribution in [0.4, 0.5) is 0 Å². The second kappa shape index (κ2) is 8.26. The topological polar surface area (TPSA) is 21.3 Å². The van der Waals surface area contributed by atoms with Crippen LogP contribution in [0.25, 0.3) is 0 Å². The van der Waals surface area contributed by atoms with E-state index in [4.69, 9.17) is 4.74 Å². The van der Waals surface area contributed by atoms with Crippen molar-refractivity contribution in [2.75, 3.05) is 20.3 Å². The van der Waals surface area contributed by atoms with E-state index in [1.807, 2.05) is 0 Å². The first kappa shape index (κ1) is 14.2. The largest absolute Gasteiger partial charge is 0.385 e. The molecule has 0 aliphatic heterocycles. The fourth-order valence-corrected chi connectivity index (χ4v) is 1.91. The van der Waals surface area contributed by atoms with E-state index in [1.165, 1.54) is 5.56 Å². The van der Waals surface area contributed by atoms with Gasteiger partial charge in [0, 0.05) is 19.8 Å². The molecule has 0 fully saturated rings. The zero-order valence-electron chi connectivity index (χ0n) is 11.3. The summed E-state index contributed by atoms with van der Waals surface area (Å²) in [5.74, 6) is 0.653. The van der Waals surface area contributed by atoms with Gasteiger partial charge in [0.05, 0.1) is 0 Å². The summed E-state index contributed by atoms with van der Waals surface area (Å²) in [6.07, 6.45) is 2.25. The predicted octanol–water partition coefficient (Wildman–Crippen LogP) is 2.88. The van der Waals surface area contributed by atoms with Crippen molar-refractivity contribution in [3.05, 3.63) is 35.9 Å². The molecule has 1 atom stereocenters. The van der Waals surface area contributed by atoms with Crippen LogP contribution < -0.4 is 5.32 Å². The minimum atomic E-state index is 0.552. The highest BCUT2D eigenvalue weighted by atomic mass is 16.5. The first-order valence-electron chi connectivity index (χ1n) is 6.48. The maximum atomic E-state index is 5.19. The van der Waals surface area contributed by atoms with E-state index < -0.39 is 0 Å². The highest BCUT2D eigenvalue weighted by Crippen LogP contribution is 2.12. The van der Waals surface area contributed by atoms with Gasteiger partial charge < -0.3 is 10.1 Å². The first-order chi connectivity index (χ1) is 8.22. The molecule has 0 aromatic heterocycles. The van der Waals surface area contributed by atoms with Crippen molar-refractivity contribution < 1.29 is 4.74 Å². The Bertz CT molecular complexity index is 284. The molecule has 0 aliphatic rings. The van der Waals surface area contributed by atoms with Crippen molar-refractivity contribution >= 4 is 0 Å². The summed E-state index contributed by atoms with van der Waals surface area (Å²) in [5, 5.41) is 3.52. The molecule has 0 amide bonds. The minimum Gasteiger partial charge on any atom is -0.385 e. The highest BCUT2D eigenvalue weighted by molar-refractivity contribution is 5.15. The zero-order valence-corrected chi connectivity index (χ0v) is 11.3. The summed E-state index contributed by atoms with van der Waals surface area (Å²) >= 11 is 0. The van der Waals surface area contributed by atoms with Gasteiger partial charge in [-0.3, -0.25) is 0 Å². The molecule has 0 saturated heterocycles. The van der Waals surface area contributed by atoms with E-state index in [1.54, 1.807) is 7.11 Å². The van der Waals surface area contributed by atoms with E-state index in [-0.39, 0.29) is 0 Å².